The molecule has 1 amide bonds. The average Bonchev–Trinajstić information content (AvgIpc) is 2.79. The van der Waals surface area contributed by atoms with Crippen molar-refractivity contribution in [3.05, 3.63) is 35.4 Å². The maximum Gasteiger partial charge on any atom is 0.329 e. The van der Waals surface area contributed by atoms with Gasteiger partial charge in [-0.2, -0.15) is 0 Å². The van der Waals surface area contributed by atoms with Crippen LogP contribution in [0.3, 0.4) is 0 Å². The van der Waals surface area contributed by atoms with E-state index < -0.39 is 11.5 Å². The summed E-state index contributed by atoms with van der Waals surface area (Å²) >= 11 is 0. The van der Waals surface area contributed by atoms with Crippen LogP contribution in [0.1, 0.15) is 41.6 Å². The fourth-order valence-corrected chi connectivity index (χ4v) is 2.37. The Bertz CT molecular complexity index is 458. The Balaban J connectivity index is 2.15. The van der Waals surface area contributed by atoms with Crippen LogP contribution in [0.25, 0.3) is 0 Å². The number of carbonyl (C=O) groups excluding carboxylic acids is 1. The molecule has 0 spiro atoms. The molecule has 1 aromatic carbocycles. The molecule has 0 aromatic heterocycles. The van der Waals surface area contributed by atoms with Gasteiger partial charge in [0.25, 0.3) is 5.91 Å². The van der Waals surface area contributed by atoms with Gasteiger partial charge in [-0.05, 0) is 31.9 Å². The number of hydrogen-bond donors (Lipinski definition) is 2. The van der Waals surface area contributed by atoms with Crippen LogP contribution in [-0.4, -0.2) is 22.5 Å². The topological polar surface area (TPSA) is 66.4 Å². The minimum Gasteiger partial charge on any atom is -0.480 e. The van der Waals surface area contributed by atoms with Gasteiger partial charge in [-0.15, -0.1) is 0 Å². The highest BCUT2D eigenvalue weighted by atomic mass is 16.4. The summed E-state index contributed by atoms with van der Waals surface area (Å²) in [6, 6.07) is 7.12. The van der Waals surface area contributed by atoms with Gasteiger partial charge in [0.05, 0.1) is 0 Å². The van der Waals surface area contributed by atoms with Crippen LogP contribution >= 0.6 is 0 Å². The van der Waals surface area contributed by atoms with Crippen molar-refractivity contribution in [1.29, 1.82) is 0 Å². The SMILES string of the molecule is Cc1ccc(C(=O)NC2(C(=O)O)CCCC2)cc1. The van der Waals surface area contributed by atoms with Crippen molar-refractivity contribution >= 4 is 11.9 Å². The molecule has 0 bridgehead atoms. The van der Waals surface area contributed by atoms with Crippen LogP contribution in [0.2, 0.25) is 0 Å². The Morgan fingerprint density at radius 1 is 1.17 bits per heavy atom. The molecule has 0 atom stereocenters. The number of carboxylic acid groups (broad SMARTS) is 1. The molecule has 4 heteroatoms. The van der Waals surface area contributed by atoms with Crippen LogP contribution in [0.5, 0.6) is 0 Å². The molecule has 1 aliphatic carbocycles. The fourth-order valence-electron chi connectivity index (χ4n) is 2.37. The molecule has 2 rings (SSSR count). The third-order valence-electron chi connectivity index (χ3n) is 3.53. The van der Waals surface area contributed by atoms with Crippen molar-refractivity contribution in [1.82, 2.24) is 5.32 Å². The third kappa shape index (κ3) is 2.37. The summed E-state index contributed by atoms with van der Waals surface area (Å²) in [7, 11) is 0. The van der Waals surface area contributed by atoms with Crippen LogP contribution in [-0.2, 0) is 4.79 Å². The van der Waals surface area contributed by atoms with Crippen molar-refractivity contribution in [3.63, 3.8) is 0 Å². The van der Waals surface area contributed by atoms with Gasteiger partial charge >= 0.3 is 5.97 Å². The van der Waals surface area contributed by atoms with Gasteiger partial charge in [-0.3, -0.25) is 4.79 Å². The molecule has 0 aliphatic heterocycles. The van der Waals surface area contributed by atoms with Gasteiger partial charge in [0.15, 0.2) is 0 Å². The van der Waals surface area contributed by atoms with E-state index in [1.54, 1.807) is 12.1 Å². The van der Waals surface area contributed by atoms with E-state index in [0.717, 1.165) is 18.4 Å². The second-order valence-electron chi connectivity index (χ2n) is 4.91. The van der Waals surface area contributed by atoms with Crippen LogP contribution < -0.4 is 5.32 Å². The minimum atomic E-state index is -1.07. The van der Waals surface area contributed by atoms with E-state index in [-0.39, 0.29) is 5.91 Å². The molecular weight excluding hydrogens is 230 g/mol. The number of amides is 1. The molecule has 0 unspecified atom stereocenters. The van der Waals surface area contributed by atoms with Crippen molar-refractivity contribution < 1.29 is 14.7 Å². The second kappa shape index (κ2) is 4.80. The maximum atomic E-state index is 12.0. The van der Waals surface area contributed by atoms with E-state index in [4.69, 9.17) is 0 Å². The lowest BCUT2D eigenvalue weighted by Gasteiger charge is -2.25. The Labute approximate surface area is 106 Å². The normalized spacial score (nSPS) is 17.4. The molecule has 18 heavy (non-hydrogen) atoms. The predicted molar refractivity (Wildman–Crippen MR) is 67.5 cm³/mol. The van der Waals surface area contributed by atoms with Crippen LogP contribution in [0.15, 0.2) is 24.3 Å². The summed E-state index contributed by atoms with van der Waals surface area (Å²) in [4.78, 5) is 23.4. The van der Waals surface area contributed by atoms with E-state index in [0.29, 0.717) is 18.4 Å². The Morgan fingerprint density at radius 3 is 2.22 bits per heavy atom. The molecule has 0 radical (unpaired) electrons. The number of nitrogens with one attached hydrogen (secondary N) is 1. The van der Waals surface area contributed by atoms with Gasteiger partial charge in [-0.25, -0.2) is 4.79 Å². The smallest absolute Gasteiger partial charge is 0.329 e. The summed E-state index contributed by atoms with van der Waals surface area (Å²) in [5.41, 5.74) is 0.510. The number of rotatable bonds is 3. The molecule has 4 nitrogen and oxygen atoms in total. The predicted octanol–water partition coefficient (Wildman–Crippen LogP) is 2.12. The summed E-state index contributed by atoms with van der Waals surface area (Å²) in [5.74, 6) is -1.24. The molecule has 1 aromatic rings. The number of carboxylic acids is 1. The van der Waals surface area contributed by atoms with E-state index in [1.807, 2.05) is 19.1 Å². The first-order valence-corrected chi connectivity index (χ1v) is 6.16. The Hall–Kier alpha value is -1.84. The molecule has 0 saturated heterocycles. The first kappa shape index (κ1) is 12.6. The van der Waals surface area contributed by atoms with Gasteiger partial charge in [0.1, 0.15) is 5.54 Å². The summed E-state index contributed by atoms with van der Waals surface area (Å²) < 4.78 is 0. The van der Waals surface area contributed by atoms with Crippen molar-refractivity contribution in [2.24, 2.45) is 0 Å². The molecule has 96 valence electrons. The average molecular weight is 247 g/mol. The lowest BCUT2D eigenvalue weighted by molar-refractivity contribution is -0.144. The zero-order valence-corrected chi connectivity index (χ0v) is 10.4. The zero-order valence-electron chi connectivity index (χ0n) is 10.4. The first-order valence-electron chi connectivity index (χ1n) is 6.16. The standard InChI is InChI=1S/C14H17NO3/c1-10-4-6-11(7-5-10)12(16)15-14(13(17)18)8-2-3-9-14/h4-7H,2-3,8-9H2,1H3,(H,15,16)(H,17,18). The highest BCUT2D eigenvalue weighted by molar-refractivity contribution is 5.98. The fraction of sp³-hybridized carbons (Fsp3) is 0.429. The highest BCUT2D eigenvalue weighted by Crippen LogP contribution is 2.30. The highest BCUT2D eigenvalue weighted by Gasteiger charge is 2.42. The van der Waals surface area contributed by atoms with E-state index in [9.17, 15) is 14.7 Å². The van der Waals surface area contributed by atoms with Crippen LogP contribution in [0.4, 0.5) is 0 Å². The second-order valence-corrected chi connectivity index (χ2v) is 4.91. The van der Waals surface area contributed by atoms with Gasteiger partial charge < -0.3 is 10.4 Å². The molecule has 1 saturated carbocycles. The quantitative estimate of drug-likeness (QED) is 0.859. The molecule has 0 heterocycles. The van der Waals surface area contributed by atoms with E-state index in [1.165, 1.54) is 0 Å². The molecule has 1 fully saturated rings. The lowest BCUT2D eigenvalue weighted by atomic mass is 9.97. The van der Waals surface area contributed by atoms with Crippen molar-refractivity contribution in [2.45, 2.75) is 38.1 Å². The summed E-state index contributed by atoms with van der Waals surface area (Å²) in [5, 5.41) is 12.0. The zero-order chi connectivity index (χ0) is 13.2. The first-order chi connectivity index (χ1) is 8.53. The molecule has 2 N–H and O–H groups in total. The summed E-state index contributed by atoms with van der Waals surface area (Å²) in [6.07, 6.45) is 2.72. The third-order valence-corrected chi connectivity index (χ3v) is 3.53. The van der Waals surface area contributed by atoms with Gasteiger partial charge in [-0.1, -0.05) is 30.5 Å². The number of aliphatic carboxylic acids is 1. The van der Waals surface area contributed by atoms with Crippen LogP contribution in [0, 0.1) is 6.92 Å². The maximum absolute atomic E-state index is 12.0. The number of aryl methyl sites for hydroxylation is 1. The monoisotopic (exact) mass is 247 g/mol. The number of benzene rings is 1. The number of carbonyl (C=O) groups is 2. The lowest BCUT2D eigenvalue weighted by Crippen LogP contribution is -2.52. The Morgan fingerprint density at radius 2 is 1.72 bits per heavy atom. The van der Waals surface area contributed by atoms with Gasteiger partial charge in [0.2, 0.25) is 0 Å². The van der Waals surface area contributed by atoms with Gasteiger partial charge in [0, 0.05) is 5.56 Å². The van der Waals surface area contributed by atoms with E-state index >= 15 is 0 Å². The molecule has 1 aliphatic rings. The number of hydrogen-bond acceptors (Lipinski definition) is 2. The summed E-state index contributed by atoms with van der Waals surface area (Å²) in [6.45, 7) is 1.94. The Kier molecular flexibility index (Phi) is 3.36. The van der Waals surface area contributed by atoms with Crippen molar-refractivity contribution in [3.8, 4) is 0 Å². The molecular formula is C14H17NO3. The van der Waals surface area contributed by atoms with E-state index in [2.05, 4.69) is 5.32 Å². The minimum absolute atomic E-state index is 0.306. The largest absolute Gasteiger partial charge is 0.480 e. The van der Waals surface area contributed by atoms with Crippen molar-refractivity contribution in [2.75, 3.05) is 0 Å².